The van der Waals surface area contributed by atoms with E-state index in [4.69, 9.17) is 0 Å². The molecule has 5 nitrogen and oxygen atoms in total. The van der Waals surface area contributed by atoms with Gasteiger partial charge in [-0.15, -0.1) is 0 Å². The molecular weight excluding hydrogens is 368 g/mol. The first-order valence-corrected chi connectivity index (χ1v) is 8.69. The number of fused-ring (bicyclic) bond motifs is 1. The van der Waals surface area contributed by atoms with Gasteiger partial charge in [-0.25, -0.2) is 4.98 Å². The Kier molecular flexibility index (Phi) is 4.08. The number of pyridine rings is 2. The third kappa shape index (κ3) is 3.07. The summed E-state index contributed by atoms with van der Waals surface area (Å²) < 4.78 is 1.02. The lowest BCUT2D eigenvalue weighted by Gasteiger charge is -2.17. The van der Waals surface area contributed by atoms with Gasteiger partial charge >= 0.3 is 0 Å². The third-order valence-corrected chi connectivity index (χ3v) is 4.71. The summed E-state index contributed by atoms with van der Waals surface area (Å²) in [7, 11) is 0. The maximum atomic E-state index is 9.64. The Morgan fingerprint density at radius 3 is 2.83 bits per heavy atom. The molecule has 0 aliphatic carbocycles. The molecule has 2 N–H and O–H groups in total. The largest absolute Gasteiger partial charge is 0.391 e. The molecule has 0 amide bonds. The Morgan fingerprint density at radius 1 is 1.17 bits per heavy atom. The zero-order chi connectivity index (χ0) is 16.5. The molecular formula is C18H17BrN4O. The number of aromatic nitrogens is 2. The van der Waals surface area contributed by atoms with E-state index in [0.29, 0.717) is 6.54 Å². The van der Waals surface area contributed by atoms with E-state index in [9.17, 15) is 5.11 Å². The van der Waals surface area contributed by atoms with E-state index in [1.807, 2.05) is 36.5 Å². The molecule has 3 heterocycles. The number of benzene rings is 1. The van der Waals surface area contributed by atoms with Gasteiger partial charge in [0.2, 0.25) is 0 Å². The highest BCUT2D eigenvalue weighted by Crippen LogP contribution is 2.28. The van der Waals surface area contributed by atoms with Gasteiger partial charge in [0.1, 0.15) is 5.82 Å². The standard InChI is InChI=1S/C18H17BrN4O/c19-12-1-3-16-15(9-12)17(5-7-20-16)22-13-2-4-18(21-10-13)23-8-6-14(24)11-23/h1-5,7,9-10,14,24H,6,8,11H2,(H,20,22). The first-order chi connectivity index (χ1) is 11.7. The fourth-order valence-electron chi connectivity index (χ4n) is 2.98. The van der Waals surface area contributed by atoms with Crippen molar-refractivity contribution in [2.24, 2.45) is 0 Å². The molecule has 1 aliphatic heterocycles. The Labute approximate surface area is 148 Å². The van der Waals surface area contributed by atoms with Gasteiger partial charge in [-0.3, -0.25) is 4.98 Å². The van der Waals surface area contributed by atoms with Crippen LogP contribution in [0.25, 0.3) is 10.9 Å². The molecule has 6 heteroatoms. The number of rotatable bonds is 3. The average molecular weight is 385 g/mol. The van der Waals surface area contributed by atoms with Gasteiger partial charge in [0, 0.05) is 34.8 Å². The average Bonchev–Trinajstić information content (AvgIpc) is 3.03. The molecule has 4 rings (SSSR count). The normalized spacial score (nSPS) is 17.4. The smallest absolute Gasteiger partial charge is 0.128 e. The number of hydrogen-bond donors (Lipinski definition) is 2. The van der Waals surface area contributed by atoms with Crippen molar-refractivity contribution >= 4 is 44.0 Å². The van der Waals surface area contributed by atoms with Crippen LogP contribution in [0.3, 0.4) is 0 Å². The molecule has 0 radical (unpaired) electrons. The summed E-state index contributed by atoms with van der Waals surface area (Å²) in [5.74, 6) is 0.902. The van der Waals surface area contributed by atoms with Crippen LogP contribution in [0.5, 0.6) is 0 Å². The maximum absolute atomic E-state index is 9.64. The third-order valence-electron chi connectivity index (χ3n) is 4.22. The van der Waals surface area contributed by atoms with Crippen LogP contribution < -0.4 is 10.2 Å². The van der Waals surface area contributed by atoms with Gasteiger partial charge in [-0.05, 0) is 42.8 Å². The highest BCUT2D eigenvalue weighted by Gasteiger charge is 2.21. The summed E-state index contributed by atoms with van der Waals surface area (Å²) in [5, 5.41) is 14.1. The quantitative estimate of drug-likeness (QED) is 0.720. The Hall–Kier alpha value is -2.18. The second-order valence-corrected chi connectivity index (χ2v) is 6.85. The van der Waals surface area contributed by atoms with Crippen LogP contribution in [0.2, 0.25) is 0 Å². The van der Waals surface area contributed by atoms with Crippen LogP contribution in [0.15, 0.2) is 53.3 Å². The molecule has 3 aromatic rings. The Morgan fingerprint density at radius 2 is 2.08 bits per heavy atom. The Balaban J connectivity index is 1.58. The van der Waals surface area contributed by atoms with Gasteiger partial charge < -0.3 is 15.3 Å². The molecule has 0 saturated carbocycles. The van der Waals surface area contributed by atoms with Crippen LogP contribution in [0.4, 0.5) is 17.2 Å². The second-order valence-electron chi connectivity index (χ2n) is 5.94. The molecule has 1 atom stereocenters. The monoisotopic (exact) mass is 384 g/mol. The summed E-state index contributed by atoms with van der Waals surface area (Å²) in [6.07, 6.45) is 4.18. The first kappa shape index (κ1) is 15.4. The molecule has 1 aromatic carbocycles. The number of halogens is 1. The molecule has 1 fully saturated rings. The van der Waals surface area contributed by atoms with Crippen molar-refractivity contribution in [3.63, 3.8) is 0 Å². The van der Waals surface area contributed by atoms with Gasteiger partial charge in [0.05, 0.1) is 23.5 Å². The minimum absolute atomic E-state index is 0.244. The van der Waals surface area contributed by atoms with E-state index in [0.717, 1.165) is 45.5 Å². The number of hydrogen-bond acceptors (Lipinski definition) is 5. The number of nitrogens with zero attached hydrogens (tertiary/aromatic N) is 3. The fraction of sp³-hybridized carbons (Fsp3) is 0.222. The van der Waals surface area contributed by atoms with Crippen molar-refractivity contribution in [2.75, 3.05) is 23.3 Å². The minimum atomic E-state index is -0.244. The zero-order valence-corrected chi connectivity index (χ0v) is 14.6. The fourth-order valence-corrected chi connectivity index (χ4v) is 3.34. The SMILES string of the molecule is OC1CCN(c2ccc(Nc3ccnc4ccc(Br)cc34)cn2)C1. The van der Waals surface area contributed by atoms with Crippen molar-refractivity contribution < 1.29 is 5.11 Å². The Bertz CT molecular complexity index is 869. The van der Waals surface area contributed by atoms with Gasteiger partial charge in [-0.1, -0.05) is 15.9 Å². The summed E-state index contributed by atoms with van der Waals surface area (Å²) in [6.45, 7) is 1.51. The summed E-state index contributed by atoms with van der Waals surface area (Å²) in [4.78, 5) is 11.0. The minimum Gasteiger partial charge on any atom is -0.391 e. The van der Waals surface area contributed by atoms with Gasteiger partial charge in [0.25, 0.3) is 0 Å². The molecule has 1 aliphatic rings. The van der Waals surface area contributed by atoms with Crippen LogP contribution in [-0.4, -0.2) is 34.3 Å². The molecule has 0 spiro atoms. The highest BCUT2D eigenvalue weighted by atomic mass is 79.9. The van der Waals surface area contributed by atoms with Crippen LogP contribution in [-0.2, 0) is 0 Å². The van der Waals surface area contributed by atoms with Crippen molar-refractivity contribution in [1.29, 1.82) is 0 Å². The molecule has 122 valence electrons. The summed E-state index contributed by atoms with van der Waals surface area (Å²) in [5.41, 5.74) is 2.86. The molecule has 0 bridgehead atoms. The first-order valence-electron chi connectivity index (χ1n) is 7.89. The van der Waals surface area contributed by atoms with E-state index in [1.54, 1.807) is 6.20 Å². The second kappa shape index (κ2) is 6.37. The lowest BCUT2D eigenvalue weighted by Crippen LogP contribution is -2.22. The lowest BCUT2D eigenvalue weighted by molar-refractivity contribution is 0.198. The van der Waals surface area contributed by atoms with Crippen molar-refractivity contribution in [2.45, 2.75) is 12.5 Å². The number of aliphatic hydroxyl groups excluding tert-OH is 1. The van der Waals surface area contributed by atoms with Crippen LogP contribution in [0.1, 0.15) is 6.42 Å². The van der Waals surface area contributed by atoms with Crippen LogP contribution in [0, 0.1) is 0 Å². The van der Waals surface area contributed by atoms with E-state index < -0.39 is 0 Å². The molecule has 1 saturated heterocycles. The van der Waals surface area contributed by atoms with Gasteiger partial charge in [-0.2, -0.15) is 0 Å². The highest BCUT2D eigenvalue weighted by molar-refractivity contribution is 9.10. The number of anilines is 3. The topological polar surface area (TPSA) is 61.3 Å². The molecule has 24 heavy (non-hydrogen) atoms. The number of aliphatic hydroxyl groups is 1. The lowest BCUT2D eigenvalue weighted by atomic mass is 10.2. The number of β-amino-alcohol motifs (C(OH)–C–C–N with tert-alkyl or cyclic N) is 1. The summed E-state index contributed by atoms with van der Waals surface area (Å²) in [6, 6.07) is 12.0. The van der Waals surface area contributed by atoms with Crippen molar-refractivity contribution in [3.05, 3.63) is 53.3 Å². The maximum Gasteiger partial charge on any atom is 0.128 e. The van der Waals surface area contributed by atoms with Crippen molar-refractivity contribution in [3.8, 4) is 0 Å². The van der Waals surface area contributed by atoms with E-state index in [2.05, 4.69) is 42.2 Å². The molecule has 1 unspecified atom stereocenters. The molecule has 2 aromatic heterocycles. The van der Waals surface area contributed by atoms with E-state index in [-0.39, 0.29) is 6.10 Å². The van der Waals surface area contributed by atoms with Crippen molar-refractivity contribution in [1.82, 2.24) is 9.97 Å². The predicted molar refractivity (Wildman–Crippen MR) is 99.8 cm³/mol. The predicted octanol–water partition coefficient (Wildman–Crippen LogP) is 3.71. The van der Waals surface area contributed by atoms with Gasteiger partial charge in [0.15, 0.2) is 0 Å². The number of nitrogens with one attached hydrogen (secondary N) is 1. The summed E-state index contributed by atoms with van der Waals surface area (Å²) >= 11 is 3.51. The zero-order valence-electron chi connectivity index (χ0n) is 13.0. The van der Waals surface area contributed by atoms with Crippen LogP contribution >= 0.6 is 15.9 Å². The van der Waals surface area contributed by atoms with E-state index >= 15 is 0 Å². The van der Waals surface area contributed by atoms with E-state index in [1.165, 1.54) is 0 Å².